The third-order valence-corrected chi connectivity index (χ3v) is 7.01. The van der Waals surface area contributed by atoms with Gasteiger partial charge in [0.1, 0.15) is 28.6 Å². The second kappa shape index (κ2) is 6.26. The lowest BCUT2D eigenvalue weighted by Crippen LogP contribution is -2.54. The molecule has 4 aliphatic rings. The molecule has 0 unspecified atom stereocenters. The van der Waals surface area contributed by atoms with Crippen LogP contribution in [0, 0.1) is 17.2 Å². The Morgan fingerprint density at radius 3 is 2.66 bits per heavy atom. The monoisotopic (exact) mass is 431 g/mol. The summed E-state index contributed by atoms with van der Waals surface area (Å²) in [5, 5.41) is 10.2. The quantitative estimate of drug-likeness (QED) is 0.730. The van der Waals surface area contributed by atoms with E-state index in [-0.39, 0.29) is 41.1 Å². The molecule has 5 rings (SSSR count). The number of nitrogens with zero attached hydrogens (tertiary/aromatic N) is 2. The van der Waals surface area contributed by atoms with Crippen LogP contribution in [0.3, 0.4) is 0 Å². The van der Waals surface area contributed by atoms with Crippen molar-refractivity contribution in [2.45, 2.75) is 51.5 Å². The number of nitrogens with two attached hydrogens (primary N) is 1. The van der Waals surface area contributed by atoms with E-state index in [1.807, 2.05) is 39.8 Å². The zero-order chi connectivity index (χ0) is 23.2. The maximum absolute atomic E-state index is 14.4. The summed E-state index contributed by atoms with van der Waals surface area (Å²) in [6.45, 7) is 7.84. The van der Waals surface area contributed by atoms with Gasteiger partial charge in [-0.3, -0.25) is 9.59 Å². The second-order valence-electron chi connectivity index (χ2n) is 9.63. The van der Waals surface area contributed by atoms with Gasteiger partial charge in [-0.05, 0) is 44.4 Å². The smallest absolute Gasteiger partial charge is 0.248 e. The van der Waals surface area contributed by atoms with Gasteiger partial charge in [-0.15, -0.1) is 0 Å². The number of fused-ring (bicyclic) bond motifs is 2. The molecule has 2 atom stereocenters. The Labute approximate surface area is 186 Å². The fraction of sp³-hybridized carbons (Fsp3) is 0.400. The number of anilines is 1. The average Bonchev–Trinajstić information content (AvgIpc) is 2.95. The van der Waals surface area contributed by atoms with Crippen molar-refractivity contribution < 1.29 is 19.1 Å². The maximum atomic E-state index is 14.4. The van der Waals surface area contributed by atoms with Gasteiger partial charge in [0.2, 0.25) is 11.8 Å². The molecular formula is C25H25N3O4. The summed E-state index contributed by atoms with van der Waals surface area (Å²) in [5.74, 6) is 0.318. The second-order valence-corrected chi connectivity index (χ2v) is 9.63. The van der Waals surface area contributed by atoms with E-state index in [0.29, 0.717) is 29.2 Å². The number of hydrogen-bond donors (Lipinski definition) is 1. The van der Waals surface area contributed by atoms with Crippen molar-refractivity contribution in [1.82, 2.24) is 0 Å². The molecule has 32 heavy (non-hydrogen) atoms. The lowest BCUT2D eigenvalue weighted by Gasteiger charge is -2.41. The van der Waals surface area contributed by atoms with Crippen molar-refractivity contribution in [3.05, 3.63) is 52.1 Å². The summed E-state index contributed by atoms with van der Waals surface area (Å²) in [6, 6.07) is 5.77. The first-order valence-corrected chi connectivity index (χ1v) is 10.7. The SMILES string of the molecule is COc1cc2c3c(c1)[C@]1(C(=O)N3C(C)(C)C=C2C)C(C#N)=C(N)OC2=C1C(=O)C[C@@H](C)C2. The lowest BCUT2D eigenvalue weighted by molar-refractivity contribution is -0.125. The van der Waals surface area contributed by atoms with Crippen LogP contribution in [-0.2, 0) is 19.7 Å². The Balaban J connectivity index is 1.97. The van der Waals surface area contributed by atoms with Gasteiger partial charge in [0, 0.05) is 24.0 Å². The van der Waals surface area contributed by atoms with E-state index in [1.165, 1.54) is 0 Å². The number of carbonyl (C=O) groups excluding carboxylic acids is 2. The first kappa shape index (κ1) is 20.4. The number of ketones is 1. The maximum Gasteiger partial charge on any atom is 0.248 e. The predicted molar refractivity (Wildman–Crippen MR) is 118 cm³/mol. The minimum Gasteiger partial charge on any atom is -0.497 e. The Bertz CT molecular complexity index is 1260. The van der Waals surface area contributed by atoms with Crippen LogP contribution >= 0.6 is 0 Å². The van der Waals surface area contributed by atoms with E-state index >= 15 is 0 Å². The van der Waals surface area contributed by atoms with Crippen molar-refractivity contribution in [2.75, 3.05) is 12.0 Å². The zero-order valence-corrected chi connectivity index (χ0v) is 18.8. The zero-order valence-electron chi connectivity index (χ0n) is 18.8. The molecule has 0 fully saturated rings. The molecule has 2 N–H and O–H groups in total. The first-order chi connectivity index (χ1) is 15.1. The van der Waals surface area contributed by atoms with Gasteiger partial charge >= 0.3 is 0 Å². The standard InChI is InChI=1S/C25H25N3O4/c1-12-6-18(29)20-19(7-12)32-22(27)17(11-26)25(20)16-9-14(31-5)8-15-13(2)10-24(3,4)28(21(15)16)23(25)30/h8-10,12H,6-7,27H2,1-5H3/t12-,25+/m1/s1. The largest absolute Gasteiger partial charge is 0.497 e. The van der Waals surface area contributed by atoms with Crippen LogP contribution in [0.2, 0.25) is 0 Å². The van der Waals surface area contributed by atoms with Gasteiger partial charge < -0.3 is 20.1 Å². The van der Waals surface area contributed by atoms with E-state index in [2.05, 4.69) is 6.07 Å². The van der Waals surface area contributed by atoms with E-state index in [9.17, 15) is 14.9 Å². The van der Waals surface area contributed by atoms with Gasteiger partial charge in [0.15, 0.2) is 5.78 Å². The molecule has 1 spiro atoms. The highest BCUT2D eigenvalue weighted by Gasteiger charge is 2.65. The summed E-state index contributed by atoms with van der Waals surface area (Å²) >= 11 is 0. The molecule has 7 heteroatoms. The molecule has 1 aliphatic carbocycles. The molecule has 0 bridgehead atoms. The summed E-state index contributed by atoms with van der Waals surface area (Å²) in [5.41, 5.74) is 7.21. The Morgan fingerprint density at radius 1 is 1.28 bits per heavy atom. The van der Waals surface area contributed by atoms with E-state index in [0.717, 1.165) is 11.1 Å². The van der Waals surface area contributed by atoms with Crippen molar-refractivity contribution in [2.24, 2.45) is 11.7 Å². The number of rotatable bonds is 1. The number of Topliss-reactive ketones (excluding diaryl/α,β-unsaturated/α-hetero) is 1. The molecule has 1 aromatic rings. The number of nitriles is 1. The fourth-order valence-corrected chi connectivity index (χ4v) is 5.85. The lowest BCUT2D eigenvalue weighted by atomic mass is 9.64. The van der Waals surface area contributed by atoms with E-state index in [1.54, 1.807) is 18.1 Å². The van der Waals surface area contributed by atoms with Crippen LogP contribution in [-0.4, -0.2) is 24.3 Å². The van der Waals surface area contributed by atoms with Crippen LogP contribution in [0.1, 0.15) is 51.7 Å². The van der Waals surface area contributed by atoms with Crippen molar-refractivity contribution in [1.29, 1.82) is 5.26 Å². The number of ether oxygens (including phenoxy) is 2. The van der Waals surface area contributed by atoms with Gasteiger partial charge in [0.05, 0.1) is 23.9 Å². The topological polar surface area (TPSA) is 106 Å². The van der Waals surface area contributed by atoms with Crippen LogP contribution in [0.25, 0.3) is 5.57 Å². The molecule has 1 aromatic carbocycles. The fourth-order valence-electron chi connectivity index (χ4n) is 5.85. The van der Waals surface area contributed by atoms with Crippen molar-refractivity contribution in [3.8, 4) is 11.8 Å². The summed E-state index contributed by atoms with van der Waals surface area (Å²) in [6.07, 6.45) is 2.78. The average molecular weight is 431 g/mol. The highest BCUT2D eigenvalue weighted by Crippen LogP contribution is 2.60. The van der Waals surface area contributed by atoms with Gasteiger partial charge in [-0.1, -0.05) is 13.0 Å². The van der Waals surface area contributed by atoms with Crippen LogP contribution in [0.5, 0.6) is 5.75 Å². The number of carbonyl (C=O) groups is 2. The van der Waals surface area contributed by atoms with Crippen LogP contribution in [0.4, 0.5) is 5.69 Å². The molecule has 1 amide bonds. The van der Waals surface area contributed by atoms with E-state index < -0.39 is 11.0 Å². The first-order valence-electron chi connectivity index (χ1n) is 10.7. The van der Waals surface area contributed by atoms with Gasteiger partial charge in [0.25, 0.3) is 0 Å². The van der Waals surface area contributed by atoms with E-state index in [4.69, 9.17) is 15.2 Å². The van der Waals surface area contributed by atoms with Crippen molar-refractivity contribution in [3.63, 3.8) is 0 Å². The number of allylic oxidation sites excluding steroid dienone is 2. The molecular weight excluding hydrogens is 406 g/mol. The molecule has 0 saturated heterocycles. The summed E-state index contributed by atoms with van der Waals surface area (Å²) in [4.78, 5) is 29.6. The third kappa shape index (κ3) is 2.24. The summed E-state index contributed by atoms with van der Waals surface area (Å²) < 4.78 is 11.4. The predicted octanol–water partition coefficient (Wildman–Crippen LogP) is 3.45. The molecule has 0 radical (unpaired) electrons. The molecule has 0 aromatic heterocycles. The number of amides is 1. The summed E-state index contributed by atoms with van der Waals surface area (Å²) in [7, 11) is 1.55. The highest BCUT2D eigenvalue weighted by molar-refractivity contribution is 6.22. The third-order valence-electron chi connectivity index (χ3n) is 7.01. The van der Waals surface area contributed by atoms with Gasteiger partial charge in [-0.25, -0.2) is 0 Å². The number of benzene rings is 1. The normalized spacial score (nSPS) is 27.7. The Kier molecular flexibility index (Phi) is 3.98. The molecule has 0 saturated carbocycles. The van der Waals surface area contributed by atoms with Gasteiger partial charge in [-0.2, -0.15) is 5.26 Å². The highest BCUT2D eigenvalue weighted by atomic mass is 16.5. The van der Waals surface area contributed by atoms with Crippen molar-refractivity contribution >= 4 is 23.0 Å². The minimum atomic E-state index is -1.64. The number of hydrogen-bond acceptors (Lipinski definition) is 6. The Morgan fingerprint density at radius 2 is 2.00 bits per heavy atom. The molecule has 3 aliphatic heterocycles. The Hall–Kier alpha value is -3.53. The molecule has 7 nitrogen and oxygen atoms in total. The minimum absolute atomic E-state index is 0.0394. The van der Waals surface area contributed by atoms with Crippen LogP contribution < -0.4 is 15.4 Å². The molecule has 164 valence electrons. The van der Waals surface area contributed by atoms with Crippen LogP contribution in [0.15, 0.2) is 41.0 Å². The number of methoxy groups -OCH3 is 1. The molecule has 3 heterocycles.